The predicted octanol–water partition coefficient (Wildman–Crippen LogP) is 3.14. The third-order valence-corrected chi connectivity index (χ3v) is 4.62. The van der Waals surface area contributed by atoms with Crippen molar-refractivity contribution in [2.24, 2.45) is 0 Å². The summed E-state index contributed by atoms with van der Waals surface area (Å²) in [5.74, 6) is -0.181. The molecule has 0 aliphatic rings. The summed E-state index contributed by atoms with van der Waals surface area (Å²) in [6.45, 7) is 9.72. The maximum atomic E-state index is 12.3. The molecule has 2 amide bonds. The quantitative estimate of drug-likeness (QED) is 0.619. The van der Waals surface area contributed by atoms with Gasteiger partial charge in [0.1, 0.15) is 0 Å². The molecule has 0 aliphatic heterocycles. The molecule has 1 aromatic heterocycles. The number of amides is 2. The van der Waals surface area contributed by atoms with Gasteiger partial charge in [-0.2, -0.15) is 0 Å². The van der Waals surface area contributed by atoms with Crippen LogP contribution in [0.3, 0.4) is 0 Å². The molecule has 0 unspecified atom stereocenters. The number of carbonyl (C=O) groups excluding carboxylic acids is 2. The normalized spacial score (nSPS) is 10.7. The van der Waals surface area contributed by atoms with E-state index in [0.29, 0.717) is 31.3 Å². The number of nitrogens with zero attached hydrogens (tertiary/aromatic N) is 2. The summed E-state index contributed by atoms with van der Waals surface area (Å²) >= 11 is 1.45. The fourth-order valence-electron chi connectivity index (χ4n) is 2.14. The van der Waals surface area contributed by atoms with Gasteiger partial charge in [0.2, 0.25) is 11.8 Å². The van der Waals surface area contributed by atoms with Crippen LogP contribution in [0.5, 0.6) is 0 Å². The Morgan fingerprint density at radius 2 is 2.00 bits per heavy atom. The number of ether oxygens (including phenoxy) is 1. The number of rotatable bonds is 11. The summed E-state index contributed by atoms with van der Waals surface area (Å²) in [4.78, 5) is 31.6. The number of carbonyl (C=O) groups is 2. The van der Waals surface area contributed by atoms with Gasteiger partial charge in [-0.15, -0.1) is 11.3 Å². The van der Waals surface area contributed by atoms with Gasteiger partial charge >= 0.3 is 0 Å². The maximum absolute atomic E-state index is 12.3. The minimum atomic E-state index is -0.204. The van der Waals surface area contributed by atoms with Crippen LogP contribution >= 0.6 is 11.3 Å². The van der Waals surface area contributed by atoms with Crippen LogP contribution in [0, 0.1) is 13.8 Å². The molecule has 0 saturated heterocycles. The zero-order chi connectivity index (χ0) is 17.9. The highest BCUT2D eigenvalue weighted by Gasteiger charge is 2.17. The van der Waals surface area contributed by atoms with Crippen LogP contribution in [-0.2, 0) is 14.3 Å². The van der Waals surface area contributed by atoms with Crippen molar-refractivity contribution in [3.05, 3.63) is 10.6 Å². The van der Waals surface area contributed by atoms with Crippen molar-refractivity contribution in [1.29, 1.82) is 0 Å². The summed E-state index contributed by atoms with van der Waals surface area (Å²) in [5, 5.41) is 3.38. The molecule has 0 bridgehead atoms. The lowest BCUT2D eigenvalue weighted by Gasteiger charge is -2.22. The van der Waals surface area contributed by atoms with Crippen molar-refractivity contribution in [3.63, 3.8) is 0 Å². The molecule has 0 saturated carbocycles. The number of thiazole rings is 1. The van der Waals surface area contributed by atoms with Gasteiger partial charge in [-0.1, -0.05) is 13.3 Å². The van der Waals surface area contributed by atoms with E-state index in [9.17, 15) is 9.59 Å². The van der Waals surface area contributed by atoms with Gasteiger partial charge < -0.3 is 15.0 Å². The van der Waals surface area contributed by atoms with Crippen molar-refractivity contribution in [3.8, 4) is 0 Å². The van der Waals surface area contributed by atoms with Gasteiger partial charge in [-0.05, 0) is 33.6 Å². The SMILES string of the molecule is CCCCC(=O)N(CCCOCC)CC(=O)Nc1nc(C)c(C)s1. The summed E-state index contributed by atoms with van der Waals surface area (Å²) in [5.41, 5.74) is 0.919. The van der Waals surface area contributed by atoms with Crippen molar-refractivity contribution >= 4 is 28.3 Å². The van der Waals surface area contributed by atoms with Crippen LogP contribution in [0.4, 0.5) is 5.13 Å². The molecule has 0 radical (unpaired) electrons. The molecule has 136 valence electrons. The molecule has 6 nitrogen and oxygen atoms in total. The lowest BCUT2D eigenvalue weighted by molar-refractivity contribution is -0.135. The van der Waals surface area contributed by atoms with Crippen molar-refractivity contribution < 1.29 is 14.3 Å². The number of hydrogen-bond acceptors (Lipinski definition) is 5. The maximum Gasteiger partial charge on any atom is 0.245 e. The molecule has 0 spiro atoms. The van der Waals surface area contributed by atoms with Crippen LogP contribution in [0.1, 0.15) is 50.1 Å². The largest absolute Gasteiger partial charge is 0.382 e. The fraction of sp³-hybridized carbons (Fsp3) is 0.706. The van der Waals surface area contributed by atoms with E-state index in [2.05, 4.69) is 10.3 Å². The first-order valence-corrected chi connectivity index (χ1v) is 9.38. The van der Waals surface area contributed by atoms with Crippen molar-refractivity contribution in [2.75, 3.05) is 31.6 Å². The predicted molar refractivity (Wildman–Crippen MR) is 97.4 cm³/mol. The number of aryl methyl sites for hydroxylation is 2. The molecule has 7 heteroatoms. The number of hydrogen-bond donors (Lipinski definition) is 1. The Kier molecular flexibility index (Phi) is 9.56. The Hall–Kier alpha value is -1.47. The van der Waals surface area contributed by atoms with E-state index in [1.54, 1.807) is 4.90 Å². The van der Waals surface area contributed by atoms with E-state index in [0.717, 1.165) is 29.8 Å². The van der Waals surface area contributed by atoms with Crippen LogP contribution in [0.2, 0.25) is 0 Å². The first-order valence-electron chi connectivity index (χ1n) is 8.57. The molecule has 0 atom stereocenters. The zero-order valence-corrected chi connectivity index (χ0v) is 16.0. The van der Waals surface area contributed by atoms with E-state index in [1.807, 2.05) is 27.7 Å². The highest BCUT2D eigenvalue weighted by Crippen LogP contribution is 2.20. The van der Waals surface area contributed by atoms with Gasteiger partial charge in [-0.3, -0.25) is 9.59 Å². The van der Waals surface area contributed by atoms with E-state index in [-0.39, 0.29) is 18.4 Å². The lowest BCUT2D eigenvalue weighted by atomic mass is 10.2. The van der Waals surface area contributed by atoms with Crippen LogP contribution in [-0.4, -0.2) is 48.0 Å². The molecule has 24 heavy (non-hydrogen) atoms. The standard InChI is InChI=1S/C17H29N3O3S/c1-5-7-9-16(22)20(10-8-11-23-6-2)12-15(21)19-17-18-13(3)14(4)24-17/h5-12H2,1-4H3,(H,18,19,21). The first-order chi connectivity index (χ1) is 11.5. The molecule has 0 fully saturated rings. The van der Waals surface area contributed by atoms with E-state index < -0.39 is 0 Å². The fourth-order valence-corrected chi connectivity index (χ4v) is 2.97. The Morgan fingerprint density at radius 3 is 2.58 bits per heavy atom. The van der Waals surface area contributed by atoms with Gasteiger partial charge in [-0.25, -0.2) is 4.98 Å². The minimum absolute atomic E-state index is 0.0231. The van der Waals surface area contributed by atoms with E-state index in [1.165, 1.54) is 11.3 Å². The molecular formula is C17H29N3O3S. The third kappa shape index (κ3) is 7.40. The first kappa shape index (κ1) is 20.6. The Bertz CT molecular complexity index is 512. The number of unbranched alkanes of at least 4 members (excludes halogenated alkanes) is 1. The molecule has 1 N–H and O–H groups in total. The van der Waals surface area contributed by atoms with E-state index in [4.69, 9.17) is 4.74 Å². The lowest BCUT2D eigenvalue weighted by Crippen LogP contribution is -2.39. The van der Waals surface area contributed by atoms with Crippen molar-refractivity contribution in [1.82, 2.24) is 9.88 Å². The van der Waals surface area contributed by atoms with Crippen LogP contribution in [0.15, 0.2) is 0 Å². The molecule has 0 aliphatic carbocycles. The molecule has 1 heterocycles. The number of anilines is 1. The summed E-state index contributed by atoms with van der Waals surface area (Å²) in [6.07, 6.45) is 3.01. The average molecular weight is 356 g/mol. The highest BCUT2D eigenvalue weighted by molar-refractivity contribution is 7.15. The monoisotopic (exact) mass is 355 g/mol. The second-order valence-electron chi connectivity index (χ2n) is 5.68. The summed E-state index contributed by atoms with van der Waals surface area (Å²) < 4.78 is 5.31. The van der Waals surface area contributed by atoms with Crippen LogP contribution in [0.25, 0.3) is 0 Å². The van der Waals surface area contributed by atoms with Gasteiger partial charge in [0, 0.05) is 31.1 Å². The smallest absolute Gasteiger partial charge is 0.245 e. The molecule has 1 rings (SSSR count). The van der Waals surface area contributed by atoms with Crippen molar-refractivity contribution in [2.45, 2.75) is 53.4 Å². The molecular weight excluding hydrogens is 326 g/mol. The summed E-state index contributed by atoms with van der Waals surface area (Å²) in [6, 6.07) is 0. The topological polar surface area (TPSA) is 71.5 Å². The second kappa shape index (κ2) is 11.1. The summed E-state index contributed by atoms with van der Waals surface area (Å²) in [7, 11) is 0. The Balaban J connectivity index is 2.57. The second-order valence-corrected chi connectivity index (χ2v) is 6.88. The highest BCUT2D eigenvalue weighted by atomic mass is 32.1. The molecule has 1 aromatic rings. The number of nitrogens with one attached hydrogen (secondary N) is 1. The Morgan fingerprint density at radius 1 is 1.25 bits per heavy atom. The van der Waals surface area contributed by atoms with Gasteiger partial charge in [0.05, 0.1) is 12.2 Å². The Labute approximate surface area is 148 Å². The molecule has 0 aromatic carbocycles. The average Bonchev–Trinajstić information content (AvgIpc) is 2.85. The van der Waals surface area contributed by atoms with Crippen LogP contribution < -0.4 is 5.32 Å². The van der Waals surface area contributed by atoms with Gasteiger partial charge in [0.15, 0.2) is 5.13 Å². The number of aromatic nitrogens is 1. The van der Waals surface area contributed by atoms with E-state index >= 15 is 0 Å². The third-order valence-electron chi connectivity index (χ3n) is 3.63. The van der Waals surface area contributed by atoms with Gasteiger partial charge in [0.25, 0.3) is 0 Å². The zero-order valence-electron chi connectivity index (χ0n) is 15.2. The minimum Gasteiger partial charge on any atom is -0.382 e.